The summed E-state index contributed by atoms with van der Waals surface area (Å²) in [6.45, 7) is 5.18. The van der Waals surface area contributed by atoms with Gasteiger partial charge >= 0.3 is 0 Å². The van der Waals surface area contributed by atoms with Crippen LogP contribution in [0.3, 0.4) is 0 Å². The molecular weight excluding hydrogens is 330 g/mol. The molecule has 1 aliphatic rings. The highest BCUT2D eigenvalue weighted by atomic mass is 15.3. The highest BCUT2D eigenvalue weighted by molar-refractivity contribution is 6.02. The smallest absolute Gasteiger partial charge is 0.128 e. The van der Waals surface area contributed by atoms with Gasteiger partial charge in [0.2, 0.25) is 0 Å². The number of aromatic nitrogens is 1. The number of piperazine rings is 1. The summed E-state index contributed by atoms with van der Waals surface area (Å²) in [6.07, 6.45) is 1.88. The molecule has 27 heavy (non-hydrogen) atoms. The first-order valence-electron chi connectivity index (χ1n) is 9.66. The zero-order valence-electron chi connectivity index (χ0n) is 15.4. The summed E-state index contributed by atoms with van der Waals surface area (Å²) in [7, 11) is 0. The molecule has 3 nitrogen and oxygen atoms in total. The van der Waals surface area contributed by atoms with Gasteiger partial charge in [-0.15, -0.1) is 0 Å². The summed E-state index contributed by atoms with van der Waals surface area (Å²) in [5.41, 5.74) is 1.45. The van der Waals surface area contributed by atoms with E-state index >= 15 is 0 Å². The minimum atomic E-state index is 0.998. The molecule has 1 saturated heterocycles. The molecule has 0 amide bonds. The van der Waals surface area contributed by atoms with Gasteiger partial charge in [0.05, 0.1) is 0 Å². The summed E-state index contributed by atoms with van der Waals surface area (Å²) in [5, 5.41) is 5.42. The maximum absolute atomic E-state index is 4.50. The zero-order chi connectivity index (χ0) is 18.1. The van der Waals surface area contributed by atoms with Crippen LogP contribution in [0.5, 0.6) is 0 Å². The first kappa shape index (κ1) is 16.3. The molecule has 1 aliphatic heterocycles. The molecule has 0 bridgehead atoms. The van der Waals surface area contributed by atoms with Gasteiger partial charge in [0, 0.05) is 38.9 Å². The van der Waals surface area contributed by atoms with Crippen molar-refractivity contribution in [1.82, 2.24) is 9.88 Å². The summed E-state index contributed by atoms with van der Waals surface area (Å²) in [5.74, 6) is 1.09. The molecule has 2 heterocycles. The number of hydrogen-bond donors (Lipinski definition) is 0. The molecule has 0 unspecified atom stereocenters. The van der Waals surface area contributed by atoms with Crippen molar-refractivity contribution >= 4 is 27.4 Å². The second kappa shape index (κ2) is 7.01. The van der Waals surface area contributed by atoms with Crippen LogP contribution in [-0.4, -0.2) is 36.1 Å². The molecular formula is C24H23N3. The Bertz CT molecular complexity index is 1010. The Kier molecular flexibility index (Phi) is 4.23. The molecule has 3 heteroatoms. The van der Waals surface area contributed by atoms with Crippen molar-refractivity contribution in [3.8, 4) is 0 Å². The third-order valence-corrected chi connectivity index (χ3v) is 5.61. The van der Waals surface area contributed by atoms with E-state index in [0.29, 0.717) is 0 Å². The van der Waals surface area contributed by atoms with Crippen molar-refractivity contribution in [2.45, 2.75) is 6.54 Å². The molecule has 0 spiro atoms. The minimum Gasteiger partial charge on any atom is -0.354 e. The van der Waals surface area contributed by atoms with Crippen LogP contribution >= 0.6 is 0 Å². The lowest BCUT2D eigenvalue weighted by molar-refractivity contribution is 0.251. The molecule has 0 N–H and O–H groups in total. The number of fused-ring (bicyclic) bond motifs is 2. The first-order chi connectivity index (χ1) is 13.4. The van der Waals surface area contributed by atoms with E-state index in [-0.39, 0.29) is 0 Å². The van der Waals surface area contributed by atoms with E-state index in [9.17, 15) is 0 Å². The van der Waals surface area contributed by atoms with Crippen LogP contribution in [0.1, 0.15) is 5.56 Å². The highest BCUT2D eigenvalue weighted by Crippen LogP contribution is 2.30. The van der Waals surface area contributed by atoms with Crippen molar-refractivity contribution in [3.05, 3.63) is 84.6 Å². The zero-order valence-corrected chi connectivity index (χ0v) is 15.4. The predicted octanol–water partition coefficient (Wildman–Crippen LogP) is 4.71. The van der Waals surface area contributed by atoms with Crippen LogP contribution in [0.2, 0.25) is 0 Å². The van der Waals surface area contributed by atoms with Crippen molar-refractivity contribution in [2.75, 3.05) is 31.1 Å². The summed E-state index contributed by atoms with van der Waals surface area (Å²) in [6, 6.07) is 26.0. The molecule has 4 aromatic rings. The second-order valence-electron chi connectivity index (χ2n) is 7.25. The average molecular weight is 353 g/mol. The van der Waals surface area contributed by atoms with E-state index in [1.165, 1.54) is 27.1 Å². The Balaban J connectivity index is 1.43. The van der Waals surface area contributed by atoms with E-state index in [4.69, 9.17) is 0 Å². The fraction of sp³-hybridized carbons (Fsp3) is 0.208. The molecule has 5 rings (SSSR count). The normalized spacial score (nSPS) is 15.5. The lowest BCUT2D eigenvalue weighted by Gasteiger charge is -2.35. The van der Waals surface area contributed by atoms with Crippen molar-refractivity contribution in [2.24, 2.45) is 0 Å². The van der Waals surface area contributed by atoms with E-state index in [0.717, 1.165) is 38.5 Å². The number of nitrogens with zero attached hydrogens (tertiary/aromatic N) is 3. The fourth-order valence-electron chi connectivity index (χ4n) is 4.18. The number of anilines is 1. The van der Waals surface area contributed by atoms with Crippen LogP contribution in [-0.2, 0) is 6.54 Å². The molecule has 3 aromatic carbocycles. The van der Waals surface area contributed by atoms with E-state index in [1.54, 1.807) is 0 Å². The minimum absolute atomic E-state index is 0.998. The largest absolute Gasteiger partial charge is 0.354 e. The maximum Gasteiger partial charge on any atom is 0.128 e. The molecule has 134 valence electrons. The van der Waals surface area contributed by atoms with Crippen LogP contribution < -0.4 is 4.90 Å². The first-order valence-corrected chi connectivity index (χ1v) is 9.66. The highest BCUT2D eigenvalue weighted by Gasteiger charge is 2.19. The summed E-state index contributed by atoms with van der Waals surface area (Å²) >= 11 is 0. The van der Waals surface area contributed by atoms with Crippen LogP contribution in [0.4, 0.5) is 5.82 Å². The molecule has 0 radical (unpaired) electrons. The molecule has 0 aliphatic carbocycles. The lowest BCUT2D eigenvalue weighted by atomic mass is 9.96. The quantitative estimate of drug-likeness (QED) is 0.497. The van der Waals surface area contributed by atoms with Crippen LogP contribution in [0.15, 0.2) is 79.0 Å². The molecule has 1 aromatic heterocycles. The van der Waals surface area contributed by atoms with E-state index in [1.807, 2.05) is 12.3 Å². The third kappa shape index (κ3) is 3.15. The number of benzene rings is 3. The van der Waals surface area contributed by atoms with Crippen LogP contribution in [0.25, 0.3) is 21.5 Å². The Morgan fingerprint density at radius 3 is 1.96 bits per heavy atom. The molecule has 1 fully saturated rings. The predicted molar refractivity (Wildman–Crippen MR) is 113 cm³/mol. The van der Waals surface area contributed by atoms with E-state index in [2.05, 4.69) is 81.5 Å². The Labute approximate surface area is 159 Å². The van der Waals surface area contributed by atoms with Crippen molar-refractivity contribution < 1.29 is 0 Å². The van der Waals surface area contributed by atoms with Gasteiger partial charge < -0.3 is 4.90 Å². The van der Waals surface area contributed by atoms with E-state index < -0.39 is 0 Å². The third-order valence-electron chi connectivity index (χ3n) is 5.61. The fourth-order valence-corrected chi connectivity index (χ4v) is 4.18. The van der Waals surface area contributed by atoms with Crippen molar-refractivity contribution in [1.29, 1.82) is 0 Å². The van der Waals surface area contributed by atoms with Gasteiger partial charge in [0.25, 0.3) is 0 Å². The van der Waals surface area contributed by atoms with Gasteiger partial charge in [-0.2, -0.15) is 0 Å². The number of rotatable bonds is 3. The van der Waals surface area contributed by atoms with Gasteiger partial charge in [-0.3, -0.25) is 4.90 Å². The Morgan fingerprint density at radius 1 is 0.704 bits per heavy atom. The van der Waals surface area contributed by atoms with Crippen molar-refractivity contribution in [3.63, 3.8) is 0 Å². The maximum atomic E-state index is 4.50. The monoisotopic (exact) mass is 353 g/mol. The Morgan fingerprint density at radius 2 is 1.33 bits per heavy atom. The molecule has 0 atom stereocenters. The topological polar surface area (TPSA) is 19.4 Å². The van der Waals surface area contributed by atoms with Gasteiger partial charge in [-0.1, -0.05) is 54.6 Å². The van der Waals surface area contributed by atoms with Gasteiger partial charge in [0.1, 0.15) is 5.82 Å². The lowest BCUT2D eigenvalue weighted by Crippen LogP contribution is -2.46. The van der Waals surface area contributed by atoms with Gasteiger partial charge in [-0.25, -0.2) is 4.98 Å². The van der Waals surface area contributed by atoms with Crippen LogP contribution in [0, 0.1) is 0 Å². The Hall–Kier alpha value is -2.91. The SMILES string of the molecule is c1ccc(N2CCN(Cc3c4ccccc4cc4ccccc34)CC2)nc1. The number of hydrogen-bond acceptors (Lipinski definition) is 3. The molecule has 0 saturated carbocycles. The average Bonchev–Trinajstić information content (AvgIpc) is 2.75. The second-order valence-corrected chi connectivity index (χ2v) is 7.25. The van der Waals surface area contributed by atoms with Gasteiger partial charge in [-0.05, 0) is 45.3 Å². The van der Waals surface area contributed by atoms with Gasteiger partial charge in [0.15, 0.2) is 0 Å². The number of pyridine rings is 1. The standard InChI is InChI=1S/C24H23N3/c1-3-9-21-19(7-1)17-20-8-2-4-10-22(20)23(21)18-26-13-15-27(16-14-26)24-11-5-6-12-25-24/h1-12,17H,13-16,18H2. The summed E-state index contributed by atoms with van der Waals surface area (Å²) in [4.78, 5) is 9.46. The summed E-state index contributed by atoms with van der Waals surface area (Å²) < 4.78 is 0.